The third-order valence-corrected chi connectivity index (χ3v) is 3.90. The Morgan fingerprint density at radius 2 is 2.19 bits per heavy atom. The molecule has 2 aromatic rings. The van der Waals surface area contributed by atoms with Crippen molar-refractivity contribution in [3.63, 3.8) is 0 Å². The predicted octanol–water partition coefficient (Wildman–Crippen LogP) is 3.13. The summed E-state index contributed by atoms with van der Waals surface area (Å²) in [6.07, 6.45) is 2.85. The zero-order valence-corrected chi connectivity index (χ0v) is 13.6. The third-order valence-electron chi connectivity index (χ3n) is 3.49. The maximum absolute atomic E-state index is 6.22. The molecule has 0 aliphatic carbocycles. The Balaban J connectivity index is 2.20. The highest BCUT2D eigenvalue weighted by Gasteiger charge is 2.11. The molecule has 0 unspecified atom stereocenters. The number of halogens is 1. The summed E-state index contributed by atoms with van der Waals surface area (Å²) in [5.74, 6) is 0. The summed E-state index contributed by atoms with van der Waals surface area (Å²) in [6.45, 7) is 6.49. The highest BCUT2D eigenvalue weighted by molar-refractivity contribution is 6.31. The highest BCUT2D eigenvalue weighted by Crippen LogP contribution is 2.21. The van der Waals surface area contributed by atoms with Gasteiger partial charge in [0.15, 0.2) is 0 Å². The molecule has 0 saturated carbocycles. The molecular formula is C16H22ClN3O. The van der Waals surface area contributed by atoms with Gasteiger partial charge in [0.1, 0.15) is 0 Å². The van der Waals surface area contributed by atoms with Crippen LogP contribution in [0.2, 0.25) is 5.02 Å². The number of aromatic nitrogens is 2. The van der Waals surface area contributed by atoms with Crippen molar-refractivity contribution in [3.05, 3.63) is 46.2 Å². The number of rotatable bonds is 7. The maximum Gasteiger partial charge on any atom is 0.0663 e. The van der Waals surface area contributed by atoms with Crippen LogP contribution in [0.3, 0.4) is 0 Å². The molecule has 0 aliphatic rings. The van der Waals surface area contributed by atoms with E-state index >= 15 is 0 Å². The van der Waals surface area contributed by atoms with Gasteiger partial charge in [0.25, 0.3) is 0 Å². The van der Waals surface area contributed by atoms with Gasteiger partial charge in [0, 0.05) is 36.5 Å². The second-order valence-electron chi connectivity index (χ2n) is 4.98. The van der Waals surface area contributed by atoms with Crippen LogP contribution in [0, 0.1) is 6.92 Å². The SMILES string of the molecule is CCc1c(CNCCOC)cnn1-c1ccc(C)c(Cl)c1. The van der Waals surface area contributed by atoms with E-state index in [9.17, 15) is 0 Å². The molecule has 1 N–H and O–H groups in total. The Morgan fingerprint density at radius 3 is 2.86 bits per heavy atom. The molecule has 4 nitrogen and oxygen atoms in total. The average molecular weight is 308 g/mol. The van der Waals surface area contributed by atoms with Crippen molar-refractivity contribution in [2.75, 3.05) is 20.3 Å². The Labute approximate surface area is 131 Å². The number of nitrogens with one attached hydrogen (secondary N) is 1. The molecule has 1 aromatic carbocycles. The van der Waals surface area contributed by atoms with E-state index in [1.54, 1.807) is 7.11 Å². The maximum atomic E-state index is 6.22. The quantitative estimate of drug-likeness (QED) is 0.799. The first-order valence-electron chi connectivity index (χ1n) is 7.19. The molecular weight excluding hydrogens is 286 g/mol. The van der Waals surface area contributed by atoms with Gasteiger partial charge in [-0.1, -0.05) is 24.6 Å². The molecule has 0 amide bonds. The smallest absolute Gasteiger partial charge is 0.0663 e. The molecule has 2 rings (SSSR count). The fourth-order valence-electron chi connectivity index (χ4n) is 2.27. The molecule has 114 valence electrons. The van der Waals surface area contributed by atoms with Crippen LogP contribution in [0.5, 0.6) is 0 Å². The minimum atomic E-state index is 0.711. The zero-order chi connectivity index (χ0) is 15.2. The minimum absolute atomic E-state index is 0.711. The summed E-state index contributed by atoms with van der Waals surface area (Å²) < 4.78 is 7.01. The van der Waals surface area contributed by atoms with Crippen molar-refractivity contribution >= 4 is 11.6 Å². The Morgan fingerprint density at radius 1 is 1.38 bits per heavy atom. The summed E-state index contributed by atoms with van der Waals surface area (Å²) in [5.41, 5.74) is 4.50. The van der Waals surface area contributed by atoms with Gasteiger partial charge in [-0.3, -0.25) is 0 Å². The first-order chi connectivity index (χ1) is 10.2. The van der Waals surface area contributed by atoms with Crippen LogP contribution in [0.15, 0.2) is 24.4 Å². The second kappa shape index (κ2) is 7.59. The monoisotopic (exact) mass is 307 g/mol. The number of hydrogen-bond donors (Lipinski definition) is 1. The summed E-state index contributed by atoms with van der Waals surface area (Å²) in [6, 6.07) is 6.04. The lowest BCUT2D eigenvalue weighted by atomic mass is 10.2. The molecule has 0 bridgehead atoms. The Bertz CT molecular complexity index is 595. The molecule has 21 heavy (non-hydrogen) atoms. The summed E-state index contributed by atoms with van der Waals surface area (Å²) in [5, 5.41) is 8.64. The highest BCUT2D eigenvalue weighted by atomic mass is 35.5. The number of methoxy groups -OCH3 is 1. The molecule has 1 heterocycles. The van der Waals surface area contributed by atoms with Gasteiger partial charge in [0.05, 0.1) is 18.5 Å². The van der Waals surface area contributed by atoms with Crippen molar-refractivity contribution in [2.24, 2.45) is 0 Å². The number of hydrogen-bond acceptors (Lipinski definition) is 3. The molecule has 0 atom stereocenters. The van der Waals surface area contributed by atoms with E-state index in [0.29, 0.717) is 6.61 Å². The zero-order valence-electron chi connectivity index (χ0n) is 12.8. The molecule has 0 aliphatic heterocycles. The first kappa shape index (κ1) is 16.0. The molecule has 1 aromatic heterocycles. The fraction of sp³-hybridized carbons (Fsp3) is 0.438. The van der Waals surface area contributed by atoms with E-state index in [4.69, 9.17) is 16.3 Å². The second-order valence-corrected chi connectivity index (χ2v) is 5.39. The van der Waals surface area contributed by atoms with Gasteiger partial charge >= 0.3 is 0 Å². The Hall–Kier alpha value is -1.36. The van der Waals surface area contributed by atoms with Crippen LogP contribution >= 0.6 is 11.6 Å². The topological polar surface area (TPSA) is 39.1 Å². The molecule has 0 spiro atoms. The molecule has 0 saturated heterocycles. The lowest BCUT2D eigenvalue weighted by Gasteiger charge is -2.10. The van der Waals surface area contributed by atoms with Crippen molar-refractivity contribution in [1.82, 2.24) is 15.1 Å². The van der Waals surface area contributed by atoms with Crippen LogP contribution in [0.4, 0.5) is 0 Å². The van der Waals surface area contributed by atoms with Crippen LogP contribution in [-0.4, -0.2) is 30.0 Å². The van der Waals surface area contributed by atoms with Gasteiger partial charge in [-0.05, 0) is 31.0 Å². The van der Waals surface area contributed by atoms with Crippen molar-refractivity contribution < 1.29 is 4.74 Å². The predicted molar refractivity (Wildman–Crippen MR) is 86.3 cm³/mol. The average Bonchev–Trinajstić information content (AvgIpc) is 2.89. The van der Waals surface area contributed by atoms with E-state index in [1.807, 2.05) is 29.9 Å². The van der Waals surface area contributed by atoms with E-state index in [0.717, 1.165) is 35.8 Å². The number of ether oxygens (including phenoxy) is 1. The van der Waals surface area contributed by atoms with Gasteiger partial charge in [-0.15, -0.1) is 0 Å². The van der Waals surface area contributed by atoms with Gasteiger partial charge in [-0.25, -0.2) is 4.68 Å². The minimum Gasteiger partial charge on any atom is -0.383 e. The number of aryl methyl sites for hydroxylation is 1. The summed E-state index contributed by atoms with van der Waals surface area (Å²) in [4.78, 5) is 0. The Kier molecular flexibility index (Phi) is 5.79. The van der Waals surface area contributed by atoms with Crippen LogP contribution in [0.25, 0.3) is 5.69 Å². The van der Waals surface area contributed by atoms with Crippen molar-refractivity contribution in [1.29, 1.82) is 0 Å². The van der Waals surface area contributed by atoms with Crippen molar-refractivity contribution in [2.45, 2.75) is 26.8 Å². The van der Waals surface area contributed by atoms with E-state index in [-0.39, 0.29) is 0 Å². The number of nitrogens with zero attached hydrogens (tertiary/aromatic N) is 2. The van der Waals surface area contributed by atoms with Crippen LogP contribution in [-0.2, 0) is 17.7 Å². The van der Waals surface area contributed by atoms with Gasteiger partial charge in [0.2, 0.25) is 0 Å². The molecule has 0 radical (unpaired) electrons. The fourth-order valence-corrected chi connectivity index (χ4v) is 2.44. The van der Waals surface area contributed by atoms with E-state index in [1.165, 1.54) is 11.3 Å². The van der Waals surface area contributed by atoms with E-state index < -0.39 is 0 Å². The van der Waals surface area contributed by atoms with Crippen LogP contribution < -0.4 is 5.32 Å². The molecule has 5 heteroatoms. The van der Waals surface area contributed by atoms with Gasteiger partial charge < -0.3 is 10.1 Å². The first-order valence-corrected chi connectivity index (χ1v) is 7.57. The largest absolute Gasteiger partial charge is 0.383 e. The summed E-state index contributed by atoms with van der Waals surface area (Å²) >= 11 is 6.22. The van der Waals surface area contributed by atoms with Gasteiger partial charge in [-0.2, -0.15) is 5.10 Å². The molecule has 0 fully saturated rings. The van der Waals surface area contributed by atoms with Crippen molar-refractivity contribution in [3.8, 4) is 5.69 Å². The third kappa shape index (κ3) is 3.84. The number of benzene rings is 1. The normalized spacial score (nSPS) is 11.0. The lowest BCUT2D eigenvalue weighted by Crippen LogP contribution is -2.19. The summed E-state index contributed by atoms with van der Waals surface area (Å²) in [7, 11) is 1.71. The van der Waals surface area contributed by atoms with Crippen LogP contribution in [0.1, 0.15) is 23.7 Å². The van der Waals surface area contributed by atoms with E-state index in [2.05, 4.69) is 23.4 Å². The standard InChI is InChI=1S/C16H22ClN3O/c1-4-16-13(10-18-7-8-21-3)11-19-20(16)14-6-5-12(2)15(17)9-14/h5-6,9,11,18H,4,7-8,10H2,1-3H3. The lowest BCUT2D eigenvalue weighted by molar-refractivity contribution is 0.199.